The molecule has 0 unspecified atom stereocenters. The van der Waals surface area contributed by atoms with Crippen LogP contribution in [0.25, 0.3) is 0 Å². The number of nitrogens with zero attached hydrogens (tertiary/aromatic N) is 3. The van der Waals surface area contributed by atoms with Crippen molar-refractivity contribution in [1.82, 2.24) is 14.7 Å². The van der Waals surface area contributed by atoms with Crippen LogP contribution in [-0.4, -0.2) is 102 Å². The molecule has 0 aromatic heterocycles. The van der Waals surface area contributed by atoms with Gasteiger partial charge in [0.1, 0.15) is 23.7 Å². The largest absolute Gasteiger partial charge is 0.508 e. The second-order valence-electron chi connectivity index (χ2n) is 10.7. The predicted octanol–water partition coefficient (Wildman–Crippen LogP) is 6.00. The molecule has 1 amide bonds. The second kappa shape index (κ2) is 18.6. The number of amides is 1. The molecule has 10 heteroatoms. The van der Waals surface area contributed by atoms with Gasteiger partial charge in [0.15, 0.2) is 0 Å². The van der Waals surface area contributed by atoms with Crippen LogP contribution in [0.2, 0.25) is 0 Å². The van der Waals surface area contributed by atoms with Gasteiger partial charge < -0.3 is 24.6 Å². The molecular weight excluding hydrogens is 642 g/mol. The maximum Gasteiger partial charge on any atom is 0.410 e. The SMILES string of the molecule is Brc1ccc(OCCN2CCCCC2)cc1.CC(C)(C)OC(=O)N1CCN(CCO)CC1.Oc1ccc(Br)cc1. The van der Waals surface area contributed by atoms with Crippen molar-refractivity contribution in [2.45, 2.75) is 45.6 Å². The first kappa shape index (κ1) is 34.4. The van der Waals surface area contributed by atoms with Crippen molar-refractivity contribution in [1.29, 1.82) is 0 Å². The zero-order valence-corrected chi connectivity index (χ0v) is 27.2. The van der Waals surface area contributed by atoms with Gasteiger partial charge in [-0.3, -0.25) is 9.80 Å². The standard InChI is InChI=1S/C13H18BrNO.C11H22N2O3.C6H5BrO/c14-12-4-6-13(7-5-12)16-11-10-15-8-2-1-3-9-15;1-11(2,3)16-10(15)13-6-4-12(5-7-13)8-9-14;7-5-1-3-6(8)4-2-5/h4-7H,1-3,8-11H2;14H,4-9H2,1-3H3;1-4,8H. The summed E-state index contributed by atoms with van der Waals surface area (Å²) in [6, 6.07) is 14.9. The van der Waals surface area contributed by atoms with Crippen molar-refractivity contribution in [2.24, 2.45) is 0 Å². The number of aromatic hydroxyl groups is 1. The first-order chi connectivity index (χ1) is 19.1. The van der Waals surface area contributed by atoms with E-state index in [1.54, 1.807) is 29.2 Å². The van der Waals surface area contributed by atoms with Crippen LogP contribution in [0.5, 0.6) is 11.5 Å². The predicted molar refractivity (Wildman–Crippen MR) is 167 cm³/mol. The van der Waals surface area contributed by atoms with Gasteiger partial charge in [0.05, 0.1) is 6.61 Å². The Morgan fingerprint density at radius 3 is 1.82 bits per heavy atom. The number of benzene rings is 2. The minimum atomic E-state index is -0.431. The van der Waals surface area contributed by atoms with Crippen molar-refractivity contribution in [2.75, 3.05) is 65.6 Å². The summed E-state index contributed by atoms with van der Waals surface area (Å²) in [5, 5.41) is 17.5. The molecule has 8 nitrogen and oxygen atoms in total. The number of β-amino-alcohol motifs (C(OH)–C–C–N with tert-alkyl or cyclic N) is 1. The lowest BCUT2D eigenvalue weighted by Crippen LogP contribution is -2.50. The summed E-state index contributed by atoms with van der Waals surface area (Å²) in [5.74, 6) is 1.26. The van der Waals surface area contributed by atoms with Crippen LogP contribution < -0.4 is 4.74 Å². The molecule has 0 spiro atoms. The van der Waals surface area contributed by atoms with E-state index in [1.807, 2.05) is 45.0 Å². The molecule has 2 N–H and O–H groups in total. The van der Waals surface area contributed by atoms with Gasteiger partial charge in [-0.25, -0.2) is 4.79 Å². The highest BCUT2D eigenvalue weighted by molar-refractivity contribution is 9.10. The molecule has 0 atom stereocenters. The maximum absolute atomic E-state index is 11.7. The maximum atomic E-state index is 11.7. The number of rotatable bonds is 6. The number of piperazine rings is 1. The van der Waals surface area contributed by atoms with Gasteiger partial charge in [0.25, 0.3) is 0 Å². The fourth-order valence-electron chi connectivity index (χ4n) is 4.07. The van der Waals surface area contributed by atoms with Crippen LogP contribution >= 0.6 is 31.9 Å². The lowest BCUT2D eigenvalue weighted by atomic mass is 10.1. The fourth-order valence-corrected chi connectivity index (χ4v) is 4.60. The first-order valence-electron chi connectivity index (χ1n) is 13.9. The molecule has 2 aliphatic heterocycles. The van der Waals surface area contributed by atoms with Crippen LogP contribution in [0.4, 0.5) is 4.79 Å². The number of halogens is 2. The van der Waals surface area contributed by atoms with E-state index in [4.69, 9.17) is 19.7 Å². The molecule has 4 rings (SSSR count). The van der Waals surface area contributed by atoms with E-state index in [1.165, 1.54) is 32.4 Å². The van der Waals surface area contributed by atoms with E-state index in [9.17, 15) is 4.79 Å². The van der Waals surface area contributed by atoms with Crippen molar-refractivity contribution in [3.05, 3.63) is 57.5 Å². The number of carbonyl (C=O) groups excluding carboxylic acids is 1. The number of aliphatic hydroxyl groups is 1. The third-order valence-electron chi connectivity index (χ3n) is 6.21. The minimum absolute atomic E-state index is 0.173. The Morgan fingerprint density at radius 2 is 1.32 bits per heavy atom. The average Bonchev–Trinajstić information content (AvgIpc) is 2.92. The summed E-state index contributed by atoms with van der Waals surface area (Å²) >= 11 is 6.65. The molecule has 2 aromatic carbocycles. The van der Waals surface area contributed by atoms with Gasteiger partial charge in [-0.2, -0.15) is 0 Å². The van der Waals surface area contributed by atoms with Crippen LogP contribution in [0.1, 0.15) is 40.0 Å². The molecular formula is C30H45Br2N3O5. The molecule has 2 aromatic rings. The molecule has 0 radical (unpaired) electrons. The van der Waals surface area contributed by atoms with Gasteiger partial charge in [-0.05, 0) is 95.2 Å². The molecule has 2 saturated heterocycles. The van der Waals surface area contributed by atoms with Crippen LogP contribution in [0.15, 0.2) is 57.5 Å². The van der Waals surface area contributed by atoms with E-state index < -0.39 is 5.60 Å². The topological polar surface area (TPSA) is 85.7 Å². The highest BCUT2D eigenvalue weighted by Gasteiger charge is 2.25. The number of hydrogen-bond donors (Lipinski definition) is 2. The third-order valence-corrected chi connectivity index (χ3v) is 7.26. The van der Waals surface area contributed by atoms with Crippen molar-refractivity contribution in [3.8, 4) is 11.5 Å². The number of likely N-dealkylation sites (tertiary alicyclic amines) is 1. The zero-order chi connectivity index (χ0) is 29.4. The Balaban J connectivity index is 0.000000222. The van der Waals surface area contributed by atoms with E-state index in [0.717, 1.165) is 40.9 Å². The van der Waals surface area contributed by atoms with Gasteiger partial charge in [0.2, 0.25) is 0 Å². The molecule has 2 heterocycles. The van der Waals surface area contributed by atoms with E-state index in [-0.39, 0.29) is 12.7 Å². The van der Waals surface area contributed by atoms with Crippen molar-refractivity contribution in [3.63, 3.8) is 0 Å². The quantitative estimate of drug-likeness (QED) is 0.386. The molecule has 0 saturated carbocycles. The number of piperidine rings is 1. The molecule has 2 fully saturated rings. The highest BCUT2D eigenvalue weighted by Crippen LogP contribution is 2.17. The van der Waals surface area contributed by atoms with Gasteiger partial charge in [-0.1, -0.05) is 38.3 Å². The Bertz CT molecular complexity index is 936. The lowest BCUT2D eigenvalue weighted by Gasteiger charge is -2.35. The first-order valence-corrected chi connectivity index (χ1v) is 15.5. The van der Waals surface area contributed by atoms with Crippen molar-refractivity contribution < 1.29 is 24.5 Å². The molecule has 0 bridgehead atoms. The van der Waals surface area contributed by atoms with E-state index in [2.05, 4.69) is 41.7 Å². The number of carbonyl (C=O) groups is 1. The molecule has 2 aliphatic rings. The van der Waals surface area contributed by atoms with Crippen LogP contribution in [0, 0.1) is 0 Å². The summed E-state index contributed by atoms with van der Waals surface area (Å²) in [6.07, 6.45) is 3.84. The van der Waals surface area contributed by atoms with Crippen LogP contribution in [-0.2, 0) is 4.74 Å². The van der Waals surface area contributed by atoms with E-state index in [0.29, 0.717) is 25.4 Å². The summed E-state index contributed by atoms with van der Waals surface area (Å²) in [7, 11) is 0. The molecule has 0 aliphatic carbocycles. The van der Waals surface area contributed by atoms with Crippen molar-refractivity contribution >= 4 is 38.0 Å². The normalized spacial score (nSPS) is 16.2. The Kier molecular flexibility index (Phi) is 15.9. The number of phenols is 1. The zero-order valence-electron chi connectivity index (χ0n) is 24.0. The fraction of sp³-hybridized carbons (Fsp3) is 0.567. The van der Waals surface area contributed by atoms with Gasteiger partial charge >= 0.3 is 6.09 Å². The monoisotopic (exact) mass is 685 g/mol. The number of aliphatic hydroxyl groups excluding tert-OH is 1. The summed E-state index contributed by atoms with van der Waals surface area (Å²) < 4.78 is 13.1. The average molecular weight is 688 g/mol. The smallest absolute Gasteiger partial charge is 0.410 e. The summed E-state index contributed by atoms with van der Waals surface area (Å²) in [5.41, 5.74) is -0.431. The molecule has 40 heavy (non-hydrogen) atoms. The number of phenolic OH excluding ortho intramolecular Hbond substituents is 1. The van der Waals surface area contributed by atoms with E-state index >= 15 is 0 Å². The summed E-state index contributed by atoms with van der Waals surface area (Å²) in [6.45, 7) is 13.7. The Labute approximate surface area is 256 Å². The third kappa shape index (κ3) is 15.2. The number of hydrogen-bond acceptors (Lipinski definition) is 7. The van der Waals surface area contributed by atoms with Gasteiger partial charge in [-0.15, -0.1) is 0 Å². The highest BCUT2D eigenvalue weighted by atomic mass is 79.9. The Hall–Kier alpha value is -1.85. The Morgan fingerprint density at radius 1 is 0.800 bits per heavy atom. The van der Waals surface area contributed by atoms with Gasteiger partial charge in [0, 0.05) is 48.2 Å². The number of ether oxygens (including phenoxy) is 2. The minimum Gasteiger partial charge on any atom is -0.508 e. The molecule has 224 valence electrons. The van der Waals surface area contributed by atoms with Crippen LogP contribution in [0.3, 0.4) is 0 Å². The lowest BCUT2D eigenvalue weighted by molar-refractivity contribution is 0.0134. The second-order valence-corrected chi connectivity index (χ2v) is 12.5. The summed E-state index contributed by atoms with van der Waals surface area (Å²) in [4.78, 5) is 18.1.